The van der Waals surface area contributed by atoms with Crippen molar-refractivity contribution in [3.05, 3.63) is 27.7 Å². The minimum absolute atomic E-state index is 0.0708. The van der Waals surface area contributed by atoms with Gasteiger partial charge in [0.15, 0.2) is 0 Å². The molecule has 1 aromatic rings. The molecular weight excluding hydrogens is 280 g/mol. The van der Waals surface area contributed by atoms with Crippen LogP contribution in [0.3, 0.4) is 0 Å². The highest BCUT2D eigenvalue weighted by Gasteiger charge is 2.29. The van der Waals surface area contributed by atoms with E-state index in [-0.39, 0.29) is 11.9 Å². The Labute approximate surface area is 110 Å². The fourth-order valence-corrected chi connectivity index (χ4v) is 2.96. The highest BCUT2D eigenvalue weighted by molar-refractivity contribution is 9.10. The number of benzene rings is 1. The molecule has 2 rings (SSSR count). The normalized spacial score (nSPS) is 19.9. The van der Waals surface area contributed by atoms with Gasteiger partial charge in [0, 0.05) is 23.8 Å². The molecular formula is C13H17BrN2O. The first-order valence-corrected chi connectivity index (χ1v) is 6.56. The lowest BCUT2D eigenvalue weighted by Gasteiger charge is -2.18. The zero-order valence-corrected chi connectivity index (χ0v) is 12.0. The lowest BCUT2D eigenvalue weighted by Crippen LogP contribution is -2.31. The molecule has 0 radical (unpaired) electrons. The summed E-state index contributed by atoms with van der Waals surface area (Å²) in [5.41, 5.74) is 3.42. The lowest BCUT2D eigenvalue weighted by atomic mass is 10.1. The third-order valence-corrected chi connectivity index (χ3v) is 3.70. The fourth-order valence-electron chi connectivity index (χ4n) is 2.27. The van der Waals surface area contributed by atoms with Crippen LogP contribution < -0.4 is 5.32 Å². The molecule has 1 N–H and O–H groups in total. The predicted molar refractivity (Wildman–Crippen MR) is 73.3 cm³/mol. The first kappa shape index (κ1) is 12.4. The Balaban J connectivity index is 2.22. The molecule has 1 aromatic carbocycles. The summed E-state index contributed by atoms with van der Waals surface area (Å²) in [7, 11) is 1.85. The van der Waals surface area contributed by atoms with Gasteiger partial charge < -0.3 is 10.2 Å². The molecule has 17 heavy (non-hydrogen) atoms. The van der Waals surface area contributed by atoms with Gasteiger partial charge in [0.2, 0.25) is 5.91 Å². The second kappa shape index (κ2) is 4.69. The van der Waals surface area contributed by atoms with Gasteiger partial charge in [0.05, 0.1) is 0 Å². The van der Waals surface area contributed by atoms with Gasteiger partial charge in [-0.3, -0.25) is 4.79 Å². The van der Waals surface area contributed by atoms with Crippen LogP contribution >= 0.6 is 15.9 Å². The van der Waals surface area contributed by atoms with Crippen molar-refractivity contribution in [3.8, 4) is 0 Å². The Morgan fingerprint density at radius 3 is 2.41 bits per heavy atom. The number of amides is 1. The van der Waals surface area contributed by atoms with Gasteiger partial charge in [-0.15, -0.1) is 0 Å². The van der Waals surface area contributed by atoms with Crippen LogP contribution in [-0.4, -0.2) is 30.4 Å². The summed E-state index contributed by atoms with van der Waals surface area (Å²) in [5.74, 6) is 0.187. The van der Waals surface area contributed by atoms with Crippen LogP contribution in [0.2, 0.25) is 0 Å². The molecule has 1 fully saturated rings. The summed E-state index contributed by atoms with van der Waals surface area (Å²) in [4.78, 5) is 13.6. The van der Waals surface area contributed by atoms with Crippen molar-refractivity contribution in [1.82, 2.24) is 4.90 Å². The molecule has 0 aliphatic carbocycles. The van der Waals surface area contributed by atoms with Crippen LogP contribution in [-0.2, 0) is 4.79 Å². The molecule has 1 unspecified atom stereocenters. The number of aryl methyl sites for hydroxylation is 2. The van der Waals surface area contributed by atoms with Crippen LogP contribution in [0.5, 0.6) is 0 Å². The topological polar surface area (TPSA) is 32.3 Å². The van der Waals surface area contributed by atoms with Crippen LogP contribution in [0.25, 0.3) is 0 Å². The van der Waals surface area contributed by atoms with Crippen molar-refractivity contribution in [1.29, 1.82) is 0 Å². The van der Waals surface area contributed by atoms with Crippen molar-refractivity contribution in [3.63, 3.8) is 0 Å². The number of likely N-dealkylation sites (tertiary alicyclic amines) is 1. The number of anilines is 1. The Morgan fingerprint density at radius 1 is 1.35 bits per heavy atom. The van der Waals surface area contributed by atoms with E-state index < -0.39 is 0 Å². The molecule has 1 amide bonds. The van der Waals surface area contributed by atoms with Crippen molar-refractivity contribution in [2.45, 2.75) is 26.3 Å². The van der Waals surface area contributed by atoms with Crippen molar-refractivity contribution in [2.75, 3.05) is 18.9 Å². The number of carbonyl (C=O) groups is 1. The van der Waals surface area contributed by atoms with Gasteiger partial charge in [-0.2, -0.15) is 0 Å². The maximum atomic E-state index is 11.9. The van der Waals surface area contributed by atoms with Crippen molar-refractivity contribution >= 4 is 27.5 Å². The molecule has 1 aliphatic heterocycles. The zero-order chi connectivity index (χ0) is 12.6. The molecule has 0 saturated carbocycles. The molecule has 1 saturated heterocycles. The number of halogens is 1. The van der Waals surface area contributed by atoms with Crippen LogP contribution in [0.15, 0.2) is 16.6 Å². The van der Waals surface area contributed by atoms with E-state index in [0.29, 0.717) is 0 Å². The van der Waals surface area contributed by atoms with Crippen molar-refractivity contribution in [2.24, 2.45) is 0 Å². The second-order valence-corrected chi connectivity index (χ2v) is 5.58. The quantitative estimate of drug-likeness (QED) is 0.910. The number of rotatable bonds is 2. The molecule has 1 heterocycles. The summed E-state index contributed by atoms with van der Waals surface area (Å²) in [6, 6.07) is 4.07. The summed E-state index contributed by atoms with van der Waals surface area (Å²) >= 11 is 3.48. The van der Waals surface area contributed by atoms with E-state index >= 15 is 0 Å². The molecule has 0 spiro atoms. The summed E-state index contributed by atoms with van der Waals surface area (Å²) in [5, 5.41) is 3.37. The van der Waals surface area contributed by atoms with E-state index in [1.807, 2.05) is 7.05 Å². The minimum Gasteiger partial charge on any atom is -0.373 e. The third kappa shape index (κ3) is 2.46. The standard InChI is InChI=1S/C13H17BrN2O/c1-8-6-10(14)7-9(2)12(8)15-11-4-5-16(3)13(11)17/h6-7,11,15H,4-5H2,1-3H3. The summed E-state index contributed by atoms with van der Waals surface area (Å²) < 4.78 is 1.08. The van der Waals surface area contributed by atoms with Gasteiger partial charge >= 0.3 is 0 Å². The van der Waals surface area contributed by atoms with E-state index in [1.54, 1.807) is 4.90 Å². The van der Waals surface area contributed by atoms with Crippen LogP contribution in [0.1, 0.15) is 17.5 Å². The minimum atomic E-state index is -0.0708. The first-order valence-electron chi connectivity index (χ1n) is 5.77. The number of carbonyl (C=O) groups excluding carboxylic acids is 1. The molecule has 1 atom stereocenters. The van der Waals surface area contributed by atoms with Gasteiger partial charge in [0.25, 0.3) is 0 Å². The van der Waals surface area contributed by atoms with E-state index in [0.717, 1.165) is 23.1 Å². The molecule has 3 nitrogen and oxygen atoms in total. The monoisotopic (exact) mass is 296 g/mol. The Bertz CT molecular complexity index is 436. The highest BCUT2D eigenvalue weighted by atomic mass is 79.9. The smallest absolute Gasteiger partial charge is 0.244 e. The number of likely N-dealkylation sites (N-methyl/N-ethyl adjacent to an activating group) is 1. The Hall–Kier alpha value is -1.03. The average molecular weight is 297 g/mol. The molecule has 4 heteroatoms. The molecule has 1 aliphatic rings. The van der Waals surface area contributed by atoms with Gasteiger partial charge in [0.1, 0.15) is 6.04 Å². The Kier molecular flexibility index (Phi) is 3.43. The maximum Gasteiger partial charge on any atom is 0.244 e. The van der Waals surface area contributed by atoms with Crippen molar-refractivity contribution < 1.29 is 4.79 Å². The van der Waals surface area contributed by atoms with E-state index in [1.165, 1.54) is 11.1 Å². The lowest BCUT2D eigenvalue weighted by molar-refractivity contribution is -0.127. The maximum absolute atomic E-state index is 11.9. The summed E-state index contributed by atoms with van der Waals surface area (Å²) in [6.07, 6.45) is 0.879. The first-order chi connectivity index (χ1) is 7.99. The number of nitrogens with one attached hydrogen (secondary N) is 1. The SMILES string of the molecule is Cc1cc(Br)cc(C)c1NC1CCN(C)C1=O. The number of hydrogen-bond acceptors (Lipinski definition) is 2. The Morgan fingerprint density at radius 2 is 1.94 bits per heavy atom. The van der Waals surface area contributed by atoms with Crippen LogP contribution in [0, 0.1) is 13.8 Å². The van der Waals surface area contributed by atoms with Gasteiger partial charge in [-0.25, -0.2) is 0 Å². The van der Waals surface area contributed by atoms with E-state index in [9.17, 15) is 4.79 Å². The largest absolute Gasteiger partial charge is 0.373 e. The zero-order valence-electron chi connectivity index (χ0n) is 10.4. The number of hydrogen-bond donors (Lipinski definition) is 1. The second-order valence-electron chi connectivity index (χ2n) is 4.66. The third-order valence-electron chi connectivity index (χ3n) is 3.24. The molecule has 0 bridgehead atoms. The molecule has 92 valence electrons. The number of nitrogens with zero attached hydrogens (tertiary/aromatic N) is 1. The van der Waals surface area contributed by atoms with Gasteiger partial charge in [-0.05, 0) is 43.5 Å². The fraction of sp³-hybridized carbons (Fsp3) is 0.462. The van der Waals surface area contributed by atoms with E-state index in [2.05, 4.69) is 47.2 Å². The summed E-state index contributed by atoms with van der Waals surface area (Å²) in [6.45, 7) is 4.96. The average Bonchev–Trinajstić information content (AvgIpc) is 2.54. The van der Waals surface area contributed by atoms with E-state index in [4.69, 9.17) is 0 Å². The highest BCUT2D eigenvalue weighted by Crippen LogP contribution is 2.27. The predicted octanol–water partition coefficient (Wildman–Crippen LogP) is 2.71. The molecule has 0 aromatic heterocycles. The van der Waals surface area contributed by atoms with Gasteiger partial charge in [-0.1, -0.05) is 15.9 Å². The van der Waals surface area contributed by atoms with Crippen LogP contribution in [0.4, 0.5) is 5.69 Å².